The minimum Gasteiger partial charge on any atom is -0.504 e. The second-order valence-electron chi connectivity index (χ2n) is 5.31. The number of phenolic OH excluding ortho intramolecular Hbond substituents is 1. The number of benzene rings is 1. The molecule has 1 aromatic rings. The van der Waals surface area contributed by atoms with Crippen molar-refractivity contribution >= 4 is 6.21 Å². The van der Waals surface area contributed by atoms with Crippen molar-refractivity contribution < 1.29 is 14.7 Å². The van der Waals surface area contributed by atoms with Gasteiger partial charge in [-0.25, -0.2) is 0 Å². The second-order valence-corrected chi connectivity index (χ2v) is 5.31. The van der Waals surface area contributed by atoms with Gasteiger partial charge in [0.2, 0.25) is 0 Å². The number of rotatable bonds is 5. The van der Waals surface area contributed by atoms with Gasteiger partial charge < -0.3 is 14.7 Å². The van der Waals surface area contributed by atoms with Gasteiger partial charge in [0.05, 0.1) is 13.3 Å². The lowest BCUT2D eigenvalue weighted by atomic mass is 9.93. The molecule has 0 fully saturated rings. The van der Waals surface area contributed by atoms with Gasteiger partial charge in [-0.3, -0.25) is 0 Å². The van der Waals surface area contributed by atoms with E-state index in [4.69, 9.17) is 9.57 Å². The highest BCUT2D eigenvalue weighted by Crippen LogP contribution is 2.25. The first-order valence-corrected chi connectivity index (χ1v) is 5.95. The van der Waals surface area contributed by atoms with Crippen LogP contribution in [0.3, 0.4) is 0 Å². The molecule has 0 unspecified atom stereocenters. The van der Waals surface area contributed by atoms with E-state index in [1.165, 1.54) is 7.11 Å². The third-order valence-electron chi connectivity index (χ3n) is 2.42. The Labute approximate surface area is 108 Å². The number of oxime groups is 1. The molecule has 0 radical (unpaired) electrons. The zero-order chi connectivity index (χ0) is 13.6. The van der Waals surface area contributed by atoms with Gasteiger partial charge in [0.15, 0.2) is 11.5 Å². The summed E-state index contributed by atoms with van der Waals surface area (Å²) in [6, 6.07) is 5.01. The summed E-state index contributed by atoms with van der Waals surface area (Å²) in [4.78, 5) is 5.18. The summed E-state index contributed by atoms with van der Waals surface area (Å²) in [5, 5.41) is 13.3. The Bertz CT molecular complexity index is 408. The summed E-state index contributed by atoms with van der Waals surface area (Å²) >= 11 is 0. The van der Waals surface area contributed by atoms with E-state index < -0.39 is 0 Å². The SMILES string of the molecule is COc1cc(/C=N/OCCC(C)(C)C)ccc1O. The zero-order valence-electron chi connectivity index (χ0n) is 11.4. The van der Waals surface area contributed by atoms with Crippen molar-refractivity contribution in [3.8, 4) is 11.5 Å². The van der Waals surface area contributed by atoms with Crippen LogP contribution >= 0.6 is 0 Å². The van der Waals surface area contributed by atoms with Gasteiger partial charge in [-0.15, -0.1) is 0 Å². The lowest BCUT2D eigenvalue weighted by Gasteiger charge is -2.16. The van der Waals surface area contributed by atoms with Crippen LogP contribution in [-0.4, -0.2) is 25.0 Å². The summed E-state index contributed by atoms with van der Waals surface area (Å²) < 4.78 is 5.01. The molecule has 0 bridgehead atoms. The minimum absolute atomic E-state index is 0.114. The van der Waals surface area contributed by atoms with E-state index >= 15 is 0 Å². The Balaban J connectivity index is 2.47. The Morgan fingerprint density at radius 1 is 1.33 bits per heavy atom. The molecule has 0 spiro atoms. The van der Waals surface area contributed by atoms with E-state index in [0.29, 0.717) is 12.4 Å². The van der Waals surface area contributed by atoms with Crippen molar-refractivity contribution in [2.45, 2.75) is 27.2 Å². The normalized spacial score (nSPS) is 11.8. The highest BCUT2D eigenvalue weighted by atomic mass is 16.6. The van der Waals surface area contributed by atoms with Crippen LogP contribution in [0, 0.1) is 5.41 Å². The topological polar surface area (TPSA) is 51.0 Å². The lowest BCUT2D eigenvalue weighted by Crippen LogP contribution is -2.08. The predicted octanol–water partition coefficient (Wildman–Crippen LogP) is 3.19. The lowest BCUT2D eigenvalue weighted by molar-refractivity contribution is 0.117. The first-order valence-electron chi connectivity index (χ1n) is 5.95. The fourth-order valence-corrected chi connectivity index (χ4v) is 1.28. The Morgan fingerprint density at radius 3 is 2.67 bits per heavy atom. The summed E-state index contributed by atoms with van der Waals surface area (Å²) in [6.07, 6.45) is 2.55. The van der Waals surface area contributed by atoms with Crippen molar-refractivity contribution in [3.05, 3.63) is 23.8 Å². The number of nitrogens with zero attached hydrogens (tertiary/aromatic N) is 1. The molecule has 0 heterocycles. The van der Waals surface area contributed by atoms with Crippen LogP contribution in [0.4, 0.5) is 0 Å². The molecule has 0 aliphatic heterocycles. The Hall–Kier alpha value is -1.71. The van der Waals surface area contributed by atoms with Gasteiger partial charge in [0, 0.05) is 5.56 Å². The number of aromatic hydroxyl groups is 1. The number of methoxy groups -OCH3 is 1. The highest BCUT2D eigenvalue weighted by Gasteiger charge is 2.09. The van der Waals surface area contributed by atoms with Crippen LogP contribution in [0.5, 0.6) is 11.5 Å². The standard InChI is InChI=1S/C14H21NO3/c1-14(2,3)7-8-18-15-10-11-5-6-12(16)13(9-11)17-4/h5-6,9-10,16H,7-8H2,1-4H3/b15-10+. The fraction of sp³-hybridized carbons (Fsp3) is 0.500. The van der Waals surface area contributed by atoms with E-state index in [1.54, 1.807) is 24.4 Å². The quantitative estimate of drug-likeness (QED) is 0.496. The maximum atomic E-state index is 9.43. The molecule has 1 N–H and O–H groups in total. The van der Waals surface area contributed by atoms with Gasteiger partial charge in [-0.1, -0.05) is 25.9 Å². The number of hydrogen-bond donors (Lipinski definition) is 1. The summed E-state index contributed by atoms with van der Waals surface area (Å²) in [6.45, 7) is 7.07. The minimum atomic E-state index is 0.114. The largest absolute Gasteiger partial charge is 0.504 e. The molecule has 0 aromatic heterocycles. The maximum Gasteiger partial charge on any atom is 0.161 e. The van der Waals surface area contributed by atoms with E-state index in [2.05, 4.69) is 25.9 Å². The molecule has 1 rings (SSSR count). The van der Waals surface area contributed by atoms with E-state index in [0.717, 1.165) is 12.0 Å². The molecular formula is C14H21NO3. The molecule has 0 amide bonds. The van der Waals surface area contributed by atoms with Crippen LogP contribution < -0.4 is 4.74 Å². The third-order valence-corrected chi connectivity index (χ3v) is 2.42. The summed E-state index contributed by atoms with van der Waals surface area (Å²) in [5.74, 6) is 0.539. The fourth-order valence-electron chi connectivity index (χ4n) is 1.28. The summed E-state index contributed by atoms with van der Waals surface area (Å²) in [5.41, 5.74) is 1.07. The Kier molecular flexibility index (Phi) is 5.01. The van der Waals surface area contributed by atoms with Crippen LogP contribution in [0.15, 0.2) is 23.4 Å². The number of ether oxygens (including phenoxy) is 1. The van der Waals surface area contributed by atoms with Crippen LogP contribution in [-0.2, 0) is 4.84 Å². The van der Waals surface area contributed by atoms with Crippen molar-refractivity contribution in [3.63, 3.8) is 0 Å². The first kappa shape index (κ1) is 14.4. The molecule has 0 aliphatic carbocycles. The molecule has 4 heteroatoms. The first-order chi connectivity index (χ1) is 8.42. The van der Waals surface area contributed by atoms with Crippen LogP contribution in [0.1, 0.15) is 32.8 Å². The predicted molar refractivity (Wildman–Crippen MR) is 72.3 cm³/mol. The molecular weight excluding hydrogens is 230 g/mol. The van der Waals surface area contributed by atoms with Crippen LogP contribution in [0.2, 0.25) is 0 Å². The Morgan fingerprint density at radius 2 is 2.06 bits per heavy atom. The van der Waals surface area contributed by atoms with E-state index in [9.17, 15) is 5.11 Å². The van der Waals surface area contributed by atoms with Crippen molar-refractivity contribution in [2.75, 3.05) is 13.7 Å². The van der Waals surface area contributed by atoms with Crippen molar-refractivity contribution in [1.29, 1.82) is 0 Å². The molecule has 1 aromatic carbocycles. The second kappa shape index (κ2) is 6.28. The van der Waals surface area contributed by atoms with Gasteiger partial charge in [0.25, 0.3) is 0 Å². The molecule has 100 valence electrons. The van der Waals surface area contributed by atoms with Gasteiger partial charge in [0.1, 0.15) is 6.61 Å². The van der Waals surface area contributed by atoms with E-state index in [-0.39, 0.29) is 11.2 Å². The molecule has 0 saturated carbocycles. The van der Waals surface area contributed by atoms with E-state index in [1.807, 2.05) is 0 Å². The average molecular weight is 251 g/mol. The average Bonchev–Trinajstić information content (AvgIpc) is 2.29. The highest BCUT2D eigenvalue weighted by molar-refractivity contribution is 5.80. The molecule has 4 nitrogen and oxygen atoms in total. The smallest absolute Gasteiger partial charge is 0.161 e. The van der Waals surface area contributed by atoms with Crippen molar-refractivity contribution in [1.82, 2.24) is 0 Å². The number of hydrogen-bond acceptors (Lipinski definition) is 4. The number of phenols is 1. The van der Waals surface area contributed by atoms with Gasteiger partial charge in [-0.05, 0) is 30.0 Å². The zero-order valence-corrected chi connectivity index (χ0v) is 11.4. The monoisotopic (exact) mass is 251 g/mol. The van der Waals surface area contributed by atoms with Gasteiger partial charge in [-0.2, -0.15) is 0 Å². The molecule has 18 heavy (non-hydrogen) atoms. The summed E-state index contributed by atoms with van der Waals surface area (Å²) in [7, 11) is 1.51. The van der Waals surface area contributed by atoms with Gasteiger partial charge >= 0.3 is 0 Å². The third kappa shape index (κ3) is 5.08. The maximum absolute atomic E-state index is 9.43. The van der Waals surface area contributed by atoms with Crippen molar-refractivity contribution in [2.24, 2.45) is 10.6 Å². The van der Waals surface area contributed by atoms with Crippen LogP contribution in [0.25, 0.3) is 0 Å². The molecule has 0 aliphatic rings. The molecule has 0 saturated heterocycles. The molecule has 0 atom stereocenters.